The minimum atomic E-state index is -0.192. The molecule has 0 amide bonds. The quantitative estimate of drug-likeness (QED) is 0.919. The Balaban J connectivity index is 2.36. The van der Waals surface area contributed by atoms with Crippen molar-refractivity contribution in [1.82, 2.24) is 0 Å². The first kappa shape index (κ1) is 12.4. The highest BCUT2D eigenvalue weighted by Gasteiger charge is 2.16. The van der Waals surface area contributed by atoms with Crippen molar-refractivity contribution in [1.29, 1.82) is 0 Å². The van der Waals surface area contributed by atoms with E-state index in [1.807, 2.05) is 36.6 Å². The Kier molecular flexibility index (Phi) is 3.72. The molecule has 1 heterocycles. The average Bonchev–Trinajstić information content (AvgIpc) is 2.80. The molecule has 2 aromatic rings. The lowest BCUT2D eigenvalue weighted by atomic mass is 10.0. The van der Waals surface area contributed by atoms with Crippen LogP contribution in [0.25, 0.3) is 0 Å². The minimum Gasteiger partial charge on any atom is -0.496 e. The van der Waals surface area contributed by atoms with Gasteiger partial charge < -0.3 is 10.5 Å². The lowest BCUT2D eigenvalue weighted by Crippen LogP contribution is -2.11. The van der Waals surface area contributed by atoms with Crippen molar-refractivity contribution in [3.63, 3.8) is 0 Å². The SMILES string of the molecule is COc1ccsc1C(N)c1ccc(C)c(Cl)c1. The number of aryl methyl sites for hydroxylation is 1. The summed E-state index contributed by atoms with van der Waals surface area (Å²) in [6, 6.07) is 7.64. The van der Waals surface area contributed by atoms with E-state index in [2.05, 4.69) is 0 Å². The topological polar surface area (TPSA) is 35.2 Å². The van der Waals surface area contributed by atoms with Gasteiger partial charge in [-0.05, 0) is 35.6 Å². The highest BCUT2D eigenvalue weighted by molar-refractivity contribution is 7.10. The number of hydrogen-bond donors (Lipinski definition) is 1. The van der Waals surface area contributed by atoms with Crippen LogP contribution in [0.2, 0.25) is 5.02 Å². The maximum Gasteiger partial charge on any atom is 0.134 e. The van der Waals surface area contributed by atoms with E-state index < -0.39 is 0 Å². The molecule has 4 heteroatoms. The summed E-state index contributed by atoms with van der Waals surface area (Å²) in [6.07, 6.45) is 0. The van der Waals surface area contributed by atoms with Crippen LogP contribution in [-0.2, 0) is 0 Å². The molecule has 1 aromatic carbocycles. The Morgan fingerprint density at radius 2 is 2.12 bits per heavy atom. The molecular formula is C13H14ClNOS. The van der Waals surface area contributed by atoms with Crippen molar-refractivity contribution in [2.24, 2.45) is 5.73 Å². The zero-order valence-corrected chi connectivity index (χ0v) is 11.3. The van der Waals surface area contributed by atoms with Gasteiger partial charge in [0.2, 0.25) is 0 Å². The van der Waals surface area contributed by atoms with Crippen LogP contribution in [0.5, 0.6) is 5.75 Å². The molecule has 0 aliphatic carbocycles. The standard InChI is InChI=1S/C13H14ClNOS/c1-8-3-4-9(7-10(8)14)12(15)13-11(16-2)5-6-17-13/h3-7,12H,15H2,1-2H3. The van der Waals surface area contributed by atoms with Gasteiger partial charge in [0.15, 0.2) is 0 Å². The molecule has 1 aromatic heterocycles. The molecule has 1 unspecified atom stereocenters. The van der Waals surface area contributed by atoms with Gasteiger partial charge in [0, 0.05) is 5.02 Å². The highest BCUT2D eigenvalue weighted by Crippen LogP contribution is 2.34. The first-order valence-corrected chi connectivity index (χ1v) is 6.52. The van der Waals surface area contributed by atoms with Crippen LogP contribution < -0.4 is 10.5 Å². The summed E-state index contributed by atoms with van der Waals surface area (Å²) in [5.74, 6) is 0.833. The van der Waals surface area contributed by atoms with E-state index in [1.165, 1.54) is 0 Å². The fourth-order valence-electron chi connectivity index (χ4n) is 1.66. The van der Waals surface area contributed by atoms with Gasteiger partial charge in [0.05, 0.1) is 18.0 Å². The predicted molar refractivity (Wildman–Crippen MR) is 73.1 cm³/mol. The molecule has 0 spiro atoms. The van der Waals surface area contributed by atoms with Gasteiger partial charge in [-0.15, -0.1) is 11.3 Å². The number of rotatable bonds is 3. The van der Waals surface area contributed by atoms with Gasteiger partial charge in [0.25, 0.3) is 0 Å². The molecule has 0 fully saturated rings. The van der Waals surface area contributed by atoms with E-state index in [0.29, 0.717) is 0 Å². The summed E-state index contributed by atoms with van der Waals surface area (Å²) in [4.78, 5) is 1.02. The first-order chi connectivity index (χ1) is 8.13. The normalized spacial score (nSPS) is 12.5. The summed E-state index contributed by atoms with van der Waals surface area (Å²) in [5.41, 5.74) is 8.29. The fraction of sp³-hybridized carbons (Fsp3) is 0.231. The van der Waals surface area contributed by atoms with Gasteiger partial charge in [-0.2, -0.15) is 0 Å². The van der Waals surface area contributed by atoms with Crippen LogP contribution in [0, 0.1) is 6.92 Å². The van der Waals surface area contributed by atoms with Crippen molar-refractivity contribution < 1.29 is 4.74 Å². The van der Waals surface area contributed by atoms with E-state index in [0.717, 1.165) is 26.8 Å². The van der Waals surface area contributed by atoms with E-state index in [1.54, 1.807) is 18.4 Å². The van der Waals surface area contributed by atoms with E-state index in [4.69, 9.17) is 22.1 Å². The zero-order chi connectivity index (χ0) is 12.4. The molecule has 2 N–H and O–H groups in total. The van der Waals surface area contributed by atoms with Gasteiger partial charge in [-0.25, -0.2) is 0 Å². The minimum absolute atomic E-state index is 0.192. The molecule has 2 rings (SSSR count). The van der Waals surface area contributed by atoms with Crippen LogP contribution in [-0.4, -0.2) is 7.11 Å². The maximum atomic E-state index is 6.23. The fourth-order valence-corrected chi connectivity index (χ4v) is 2.74. The highest BCUT2D eigenvalue weighted by atomic mass is 35.5. The molecule has 0 saturated carbocycles. The molecule has 1 atom stereocenters. The number of thiophene rings is 1. The van der Waals surface area contributed by atoms with Crippen LogP contribution in [0.15, 0.2) is 29.6 Å². The Morgan fingerprint density at radius 3 is 2.76 bits per heavy atom. The Labute approximate surface area is 110 Å². The van der Waals surface area contributed by atoms with Crippen molar-refractivity contribution in [3.05, 3.63) is 50.7 Å². The summed E-state index contributed by atoms with van der Waals surface area (Å²) in [5, 5.41) is 2.72. The van der Waals surface area contributed by atoms with Crippen molar-refractivity contribution in [2.45, 2.75) is 13.0 Å². The van der Waals surface area contributed by atoms with E-state index >= 15 is 0 Å². The number of hydrogen-bond acceptors (Lipinski definition) is 3. The van der Waals surface area contributed by atoms with Crippen molar-refractivity contribution in [2.75, 3.05) is 7.11 Å². The summed E-state index contributed by atoms with van der Waals surface area (Å²) in [7, 11) is 1.65. The molecular weight excluding hydrogens is 254 g/mol. The van der Waals surface area contributed by atoms with Crippen LogP contribution in [0.3, 0.4) is 0 Å². The molecule has 2 nitrogen and oxygen atoms in total. The van der Waals surface area contributed by atoms with Crippen LogP contribution in [0.4, 0.5) is 0 Å². The van der Waals surface area contributed by atoms with Crippen LogP contribution in [0.1, 0.15) is 22.0 Å². The Morgan fingerprint density at radius 1 is 1.35 bits per heavy atom. The third kappa shape index (κ3) is 2.46. The Hall–Kier alpha value is -1.03. The van der Waals surface area contributed by atoms with Crippen molar-refractivity contribution >= 4 is 22.9 Å². The largest absolute Gasteiger partial charge is 0.496 e. The summed E-state index contributed by atoms with van der Waals surface area (Å²) >= 11 is 7.70. The lowest BCUT2D eigenvalue weighted by Gasteiger charge is -2.13. The molecule has 0 radical (unpaired) electrons. The molecule has 0 aliphatic heterocycles. The molecule has 17 heavy (non-hydrogen) atoms. The zero-order valence-electron chi connectivity index (χ0n) is 9.74. The van der Waals surface area contributed by atoms with E-state index in [-0.39, 0.29) is 6.04 Å². The smallest absolute Gasteiger partial charge is 0.134 e. The molecule has 90 valence electrons. The summed E-state index contributed by atoms with van der Waals surface area (Å²) < 4.78 is 5.28. The van der Waals surface area contributed by atoms with Gasteiger partial charge >= 0.3 is 0 Å². The van der Waals surface area contributed by atoms with Gasteiger partial charge in [-0.1, -0.05) is 23.7 Å². The monoisotopic (exact) mass is 267 g/mol. The van der Waals surface area contributed by atoms with Gasteiger partial charge in [0.1, 0.15) is 5.75 Å². The Bertz CT molecular complexity index is 524. The average molecular weight is 268 g/mol. The third-order valence-corrected chi connectivity index (χ3v) is 4.10. The number of halogens is 1. The number of nitrogens with two attached hydrogens (primary N) is 1. The molecule has 0 saturated heterocycles. The molecule has 0 bridgehead atoms. The first-order valence-electron chi connectivity index (χ1n) is 5.26. The third-order valence-electron chi connectivity index (χ3n) is 2.71. The lowest BCUT2D eigenvalue weighted by molar-refractivity contribution is 0.411. The second-order valence-corrected chi connectivity index (χ2v) is 5.19. The van der Waals surface area contributed by atoms with E-state index in [9.17, 15) is 0 Å². The second-order valence-electron chi connectivity index (χ2n) is 3.84. The van der Waals surface area contributed by atoms with Crippen molar-refractivity contribution in [3.8, 4) is 5.75 Å². The number of benzene rings is 1. The molecule has 0 aliphatic rings. The number of methoxy groups -OCH3 is 1. The summed E-state index contributed by atoms with van der Waals surface area (Å²) in [6.45, 7) is 1.98. The second kappa shape index (κ2) is 5.08. The number of ether oxygens (including phenoxy) is 1. The van der Waals surface area contributed by atoms with Gasteiger partial charge in [-0.3, -0.25) is 0 Å². The predicted octanol–water partition coefficient (Wildman–Crippen LogP) is 3.77. The van der Waals surface area contributed by atoms with Crippen LogP contribution >= 0.6 is 22.9 Å². The maximum absolute atomic E-state index is 6.23.